The molecule has 1 atom stereocenters. The molecule has 0 bridgehead atoms. The van der Waals surface area contributed by atoms with Gasteiger partial charge in [0.05, 0.1) is 0 Å². The summed E-state index contributed by atoms with van der Waals surface area (Å²) in [5.41, 5.74) is 1.16. The van der Waals surface area contributed by atoms with E-state index in [9.17, 15) is 5.11 Å². The summed E-state index contributed by atoms with van der Waals surface area (Å²) in [4.78, 5) is 0. The standard InChI is InChI=1S/C19H25N3O2S/c1-14-21-22-18(25-14)9-8-15-6-3-4-7-17(15)24-13-16(23)12-20-19(2)10-5-11-19/h3-4,6-9,16,20,23H,5,10-13H2,1-2H3/b9-8-. The van der Waals surface area contributed by atoms with Crippen molar-refractivity contribution in [3.05, 3.63) is 39.8 Å². The lowest BCUT2D eigenvalue weighted by Crippen LogP contribution is -2.51. The van der Waals surface area contributed by atoms with Gasteiger partial charge in [0.2, 0.25) is 0 Å². The lowest BCUT2D eigenvalue weighted by Gasteiger charge is -2.40. The van der Waals surface area contributed by atoms with Crippen LogP contribution < -0.4 is 10.1 Å². The van der Waals surface area contributed by atoms with Crippen LogP contribution in [0.15, 0.2) is 24.3 Å². The molecule has 0 aliphatic heterocycles. The van der Waals surface area contributed by atoms with Crippen LogP contribution in [-0.2, 0) is 0 Å². The summed E-state index contributed by atoms with van der Waals surface area (Å²) in [6.45, 7) is 4.97. The second kappa shape index (κ2) is 8.08. The van der Waals surface area contributed by atoms with Crippen molar-refractivity contribution < 1.29 is 9.84 Å². The van der Waals surface area contributed by atoms with E-state index in [1.165, 1.54) is 19.3 Å². The van der Waals surface area contributed by atoms with Crippen LogP contribution in [0.2, 0.25) is 0 Å². The van der Waals surface area contributed by atoms with Crippen molar-refractivity contribution in [2.24, 2.45) is 0 Å². The number of hydrogen-bond donors (Lipinski definition) is 2. The van der Waals surface area contributed by atoms with E-state index in [1.807, 2.05) is 43.3 Å². The van der Waals surface area contributed by atoms with Crippen molar-refractivity contribution in [2.75, 3.05) is 13.2 Å². The summed E-state index contributed by atoms with van der Waals surface area (Å²) in [5, 5.41) is 23.5. The maximum absolute atomic E-state index is 10.2. The fraction of sp³-hybridized carbons (Fsp3) is 0.474. The Morgan fingerprint density at radius 1 is 1.32 bits per heavy atom. The lowest BCUT2D eigenvalue weighted by atomic mass is 9.78. The molecule has 1 aliphatic rings. The smallest absolute Gasteiger partial charge is 0.140 e. The number of aliphatic hydroxyl groups excluding tert-OH is 1. The molecule has 3 rings (SSSR count). The first-order valence-corrected chi connectivity index (χ1v) is 9.49. The van der Waals surface area contributed by atoms with Crippen LogP contribution in [0.3, 0.4) is 0 Å². The minimum Gasteiger partial charge on any atom is -0.490 e. The fourth-order valence-corrected chi connectivity index (χ4v) is 3.38. The van der Waals surface area contributed by atoms with Gasteiger partial charge in [0, 0.05) is 17.6 Å². The van der Waals surface area contributed by atoms with Crippen LogP contribution in [0.25, 0.3) is 12.2 Å². The van der Waals surface area contributed by atoms with Crippen molar-refractivity contribution in [2.45, 2.75) is 44.8 Å². The Labute approximate surface area is 152 Å². The van der Waals surface area contributed by atoms with E-state index in [1.54, 1.807) is 11.3 Å². The van der Waals surface area contributed by atoms with Crippen LogP contribution in [0, 0.1) is 6.92 Å². The summed E-state index contributed by atoms with van der Waals surface area (Å²) in [6, 6.07) is 7.80. The molecule has 134 valence electrons. The molecule has 1 aromatic carbocycles. The van der Waals surface area contributed by atoms with E-state index >= 15 is 0 Å². The average molecular weight is 359 g/mol. The molecule has 1 heterocycles. The van der Waals surface area contributed by atoms with E-state index < -0.39 is 6.10 Å². The molecule has 0 amide bonds. The van der Waals surface area contributed by atoms with E-state index in [-0.39, 0.29) is 12.1 Å². The first-order valence-electron chi connectivity index (χ1n) is 8.67. The first-order chi connectivity index (χ1) is 12.0. The fourth-order valence-electron chi connectivity index (χ4n) is 2.78. The predicted molar refractivity (Wildman–Crippen MR) is 102 cm³/mol. The molecule has 25 heavy (non-hydrogen) atoms. The van der Waals surface area contributed by atoms with Crippen molar-refractivity contribution >= 4 is 23.5 Å². The van der Waals surface area contributed by atoms with Crippen LogP contribution >= 0.6 is 11.3 Å². The molecule has 1 aromatic heterocycles. The van der Waals surface area contributed by atoms with Gasteiger partial charge in [0.1, 0.15) is 28.5 Å². The molecule has 0 saturated heterocycles. The number of benzene rings is 1. The molecule has 5 nitrogen and oxygen atoms in total. The third-order valence-electron chi connectivity index (χ3n) is 4.52. The van der Waals surface area contributed by atoms with Crippen LogP contribution in [0.5, 0.6) is 5.75 Å². The van der Waals surface area contributed by atoms with Gasteiger partial charge in [0.15, 0.2) is 0 Å². The maximum atomic E-state index is 10.2. The maximum Gasteiger partial charge on any atom is 0.140 e. The molecular formula is C19H25N3O2S. The molecule has 2 N–H and O–H groups in total. The third-order valence-corrected chi connectivity index (χ3v) is 5.32. The summed E-state index contributed by atoms with van der Waals surface area (Å²) in [6.07, 6.45) is 7.00. The van der Waals surface area contributed by atoms with Gasteiger partial charge >= 0.3 is 0 Å². The molecule has 0 spiro atoms. The molecule has 6 heteroatoms. The Kier molecular flexibility index (Phi) is 5.83. The highest BCUT2D eigenvalue weighted by Gasteiger charge is 2.31. The third kappa shape index (κ3) is 5.11. The Bertz CT molecular complexity index is 725. The minimum atomic E-state index is -0.528. The molecule has 2 aromatic rings. The first kappa shape index (κ1) is 18.0. The Morgan fingerprint density at radius 3 is 2.80 bits per heavy atom. The van der Waals surface area contributed by atoms with E-state index in [4.69, 9.17) is 4.74 Å². The topological polar surface area (TPSA) is 67.3 Å². The highest BCUT2D eigenvalue weighted by Crippen LogP contribution is 2.30. The number of aryl methyl sites for hydroxylation is 1. The number of β-amino-alcohol motifs (C(OH)–C–C–N with tert-alkyl or cyclic N) is 1. The van der Waals surface area contributed by atoms with Gasteiger partial charge in [-0.3, -0.25) is 0 Å². The van der Waals surface area contributed by atoms with E-state index in [2.05, 4.69) is 22.4 Å². The van der Waals surface area contributed by atoms with Gasteiger partial charge in [-0.15, -0.1) is 10.2 Å². The monoisotopic (exact) mass is 359 g/mol. The van der Waals surface area contributed by atoms with Gasteiger partial charge in [0.25, 0.3) is 0 Å². The Hall–Kier alpha value is -1.76. The number of nitrogens with zero attached hydrogens (tertiary/aromatic N) is 2. The number of para-hydroxylation sites is 1. The number of aromatic nitrogens is 2. The van der Waals surface area contributed by atoms with Gasteiger partial charge < -0.3 is 15.2 Å². The molecule has 1 aliphatic carbocycles. The molecular weight excluding hydrogens is 334 g/mol. The minimum absolute atomic E-state index is 0.196. The highest BCUT2D eigenvalue weighted by atomic mass is 32.1. The highest BCUT2D eigenvalue weighted by molar-refractivity contribution is 7.12. The second-order valence-corrected chi connectivity index (χ2v) is 8.00. The van der Waals surface area contributed by atoms with Gasteiger partial charge in [-0.25, -0.2) is 0 Å². The summed E-state index contributed by atoms with van der Waals surface area (Å²) in [7, 11) is 0. The largest absolute Gasteiger partial charge is 0.490 e. The predicted octanol–water partition coefficient (Wildman–Crippen LogP) is 3.29. The Morgan fingerprint density at radius 2 is 2.12 bits per heavy atom. The van der Waals surface area contributed by atoms with Crippen molar-refractivity contribution in [1.82, 2.24) is 15.5 Å². The van der Waals surface area contributed by atoms with Crippen molar-refractivity contribution in [3.63, 3.8) is 0 Å². The lowest BCUT2D eigenvalue weighted by molar-refractivity contribution is 0.0867. The molecule has 0 radical (unpaired) electrons. The zero-order valence-electron chi connectivity index (χ0n) is 14.7. The number of rotatable bonds is 8. The van der Waals surface area contributed by atoms with Gasteiger partial charge in [-0.2, -0.15) is 0 Å². The molecule has 1 unspecified atom stereocenters. The van der Waals surface area contributed by atoms with E-state index in [0.29, 0.717) is 6.54 Å². The zero-order valence-corrected chi connectivity index (χ0v) is 15.6. The number of hydrogen-bond acceptors (Lipinski definition) is 6. The van der Waals surface area contributed by atoms with Gasteiger partial charge in [-0.05, 0) is 51.3 Å². The Balaban J connectivity index is 1.54. The summed E-state index contributed by atoms with van der Waals surface area (Å²) >= 11 is 1.55. The van der Waals surface area contributed by atoms with Crippen molar-refractivity contribution in [3.8, 4) is 5.75 Å². The molecule has 1 fully saturated rings. The van der Waals surface area contributed by atoms with Crippen LogP contribution in [0.1, 0.15) is 41.8 Å². The SMILES string of the molecule is Cc1nnc(/C=C\c2ccccc2OCC(O)CNC2(C)CCC2)s1. The van der Waals surface area contributed by atoms with Crippen molar-refractivity contribution in [1.29, 1.82) is 0 Å². The summed E-state index contributed by atoms with van der Waals surface area (Å²) < 4.78 is 5.84. The molecule has 1 saturated carbocycles. The quantitative estimate of drug-likeness (QED) is 0.757. The van der Waals surface area contributed by atoms with Gasteiger partial charge in [-0.1, -0.05) is 29.5 Å². The second-order valence-electron chi connectivity index (χ2n) is 6.79. The normalized spacial score (nSPS) is 17.4. The zero-order chi connectivity index (χ0) is 17.7. The van der Waals surface area contributed by atoms with E-state index in [0.717, 1.165) is 21.3 Å². The number of aliphatic hydroxyl groups is 1. The average Bonchev–Trinajstić information content (AvgIpc) is 3.00. The van der Waals surface area contributed by atoms with Crippen LogP contribution in [-0.4, -0.2) is 40.1 Å². The summed E-state index contributed by atoms with van der Waals surface area (Å²) in [5.74, 6) is 0.758. The van der Waals surface area contributed by atoms with Crippen LogP contribution in [0.4, 0.5) is 0 Å². The number of nitrogens with one attached hydrogen (secondary N) is 1. The number of ether oxygens (including phenoxy) is 1.